The maximum absolute atomic E-state index is 10.1. The van der Waals surface area contributed by atoms with Crippen molar-refractivity contribution in [1.29, 1.82) is 0 Å². The Hall–Kier alpha value is -1.51. The number of rotatable bonds is 10. The van der Waals surface area contributed by atoms with Crippen LogP contribution in [0.2, 0.25) is 0 Å². The standard InChI is InChI=1S/2C6H8O7.3H2O.3Zn/c2*7-3(8)1-6(13,5(11)12)2-4(9)10;;;;;;/h2*13H,1-2H2,(H,7,8)(H,9,10)(H,11,12);3*1H2;;;/q;;;;;3*+2/p-6. The number of carbonyl (C=O) groups excluding carboxylic acids is 6. The molecule has 0 radical (unpaired) electrons. The van der Waals surface area contributed by atoms with Crippen LogP contribution in [0.5, 0.6) is 0 Å². The molecule has 0 saturated carbocycles. The largest absolute Gasteiger partial charge is 2.00 e. The minimum Gasteiger partial charge on any atom is -0.550 e. The van der Waals surface area contributed by atoms with Gasteiger partial charge >= 0.3 is 58.4 Å². The Bertz CT molecular complexity index is 524. The molecule has 0 saturated heterocycles. The van der Waals surface area contributed by atoms with Crippen LogP contribution < -0.4 is 30.6 Å². The molecular formula is C12H16O17Zn3. The van der Waals surface area contributed by atoms with Gasteiger partial charge in [0.1, 0.15) is 11.2 Å². The van der Waals surface area contributed by atoms with Crippen molar-refractivity contribution in [3.63, 3.8) is 0 Å². The SMILES string of the molecule is O.O.O.O=C([O-])CC(O)(CC(=O)[O-])C(=O)[O-].O=C([O-])CC(O)(CC(=O)[O-])C(=O)[O-].[Zn+2].[Zn+2].[Zn+2]. The van der Waals surface area contributed by atoms with E-state index in [1.54, 1.807) is 0 Å². The molecule has 0 spiro atoms. The van der Waals surface area contributed by atoms with E-state index in [4.69, 9.17) is 10.2 Å². The Morgan fingerprint density at radius 3 is 0.656 bits per heavy atom. The van der Waals surface area contributed by atoms with Gasteiger partial charge in [-0.1, -0.05) is 0 Å². The fourth-order valence-electron chi connectivity index (χ4n) is 1.37. The predicted octanol–water partition coefficient (Wildman–Crippen LogP) is -13.0. The van der Waals surface area contributed by atoms with Crippen LogP contribution in [0.1, 0.15) is 25.7 Å². The molecule has 17 nitrogen and oxygen atoms in total. The smallest absolute Gasteiger partial charge is 0.550 e. The summed E-state index contributed by atoms with van der Waals surface area (Å²) in [4.78, 5) is 60.0. The Morgan fingerprint density at radius 1 is 0.469 bits per heavy atom. The summed E-state index contributed by atoms with van der Waals surface area (Å²) in [5, 5.41) is 77.9. The molecule has 20 heteroatoms. The zero-order chi connectivity index (χ0) is 21.3. The average Bonchev–Trinajstić information content (AvgIpc) is 2.34. The number of carboxylic acids is 6. The number of carboxylic acid groups (broad SMARTS) is 6. The van der Waals surface area contributed by atoms with E-state index in [2.05, 4.69) is 0 Å². The second-order valence-corrected chi connectivity index (χ2v) is 4.83. The van der Waals surface area contributed by atoms with Crippen molar-refractivity contribution in [2.45, 2.75) is 36.9 Å². The fourth-order valence-corrected chi connectivity index (χ4v) is 1.37. The molecule has 0 fully saturated rings. The summed E-state index contributed by atoms with van der Waals surface area (Å²) in [5.41, 5.74) is -5.95. The zero-order valence-electron chi connectivity index (χ0n) is 16.2. The van der Waals surface area contributed by atoms with Crippen molar-refractivity contribution in [3.8, 4) is 0 Å². The van der Waals surface area contributed by atoms with Crippen molar-refractivity contribution >= 4 is 35.8 Å². The summed E-state index contributed by atoms with van der Waals surface area (Å²) in [7, 11) is 0. The molecule has 0 aliphatic carbocycles. The van der Waals surface area contributed by atoms with Gasteiger partial charge < -0.3 is 86.0 Å². The van der Waals surface area contributed by atoms with E-state index >= 15 is 0 Å². The minimum atomic E-state index is -2.97. The first-order chi connectivity index (χ1) is 11.6. The van der Waals surface area contributed by atoms with Crippen LogP contribution >= 0.6 is 0 Å². The average molecular weight is 628 g/mol. The summed E-state index contributed by atoms with van der Waals surface area (Å²) in [6.07, 6.45) is -5.43. The molecule has 0 aromatic heterocycles. The number of aliphatic hydroxyl groups is 2. The molecule has 0 amide bonds. The van der Waals surface area contributed by atoms with Gasteiger partial charge in [-0.25, -0.2) is 0 Å². The topological polar surface area (TPSA) is 376 Å². The quantitative estimate of drug-likeness (QED) is 0.212. The molecular weight excluding hydrogens is 612 g/mol. The van der Waals surface area contributed by atoms with Crippen molar-refractivity contribution in [1.82, 2.24) is 0 Å². The van der Waals surface area contributed by atoms with E-state index in [9.17, 15) is 59.4 Å². The third kappa shape index (κ3) is 23.2. The van der Waals surface area contributed by atoms with Gasteiger partial charge in [-0.3, -0.25) is 0 Å². The summed E-state index contributed by atoms with van der Waals surface area (Å²) < 4.78 is 0. The first-order valence-corrected chi connectivity index (χ1v) is 6.23. The summed E-state index contributed by atoms with van der Waals surface area (Å²) in [6, 6.07) is 0. The summed E-state index contributed by atoms with van der Waals surface area (Å²) in [5.74, 6) is -12.0. The van der Waals surface area contributed by atoms with Gasteiger partial charge in [-0.2, -0.15) is 0 Å². The molecule has 0 bridgehead atoms. The number of carbonyl (C=O) groups is 6. The van der Waals surface area contributed by atoms with Gasteiger partial charge in [0.05, 0.1) is 11.9 Å². The molecule has 0 aromatic carbocycles. The number of hydrogen-bond donors (Lipinski definition) is 2. The van der Waals surface area contributed by atoms with Crippen molar-refractivity contribution < 1.29 is 144 Å². The molecule has 32 heavy (non-hydrogen) atoms. The fraction of sp³-hybridized carbons (Fsp3) is 0.500. The van der Waals surface area contributed by atoms with Crippen LogP contribution in [0.4, 0.5) is 0 Å². The van der Waals surface area contributed by atoms with Gasteiger partial charge in [0, 0.05) is 49.6 Å². The molecule has 0 rings (SSSR count). The number of aliphatic carboxylic acids is 6. The van der Waals surface area contributed by atoms with Gasteiger partial charge in [0.15, 0.2) is 0 Å². The van der Waals surface area contributed by atoms with Crippen LogP contribution in [0.15, 0.2) is 0 Å². The molecule has 0 aromatic rings. The Labute approximate surface area is 216 Å². The van der Waals surface area contributed by atoms with Gasteiger partial charge in [-0.05, 0) is 0 Å². The van der Waals surface area contributed by atoms with E-state index in [1.165, 1.54) is 0 Å². The normalized spacial score (nSPS) is 8.81. The van der Waals surface area contributed by atoms with Gasteiger partial charge in [0.2, 0.25) is 0 Å². The van der Waals surface area contributed by atoms with Crippen LogP contribution in [-0.4, -0.2) is 73.7 Å². The van der Waals surface area contributed by atoms with Crippen molar-refractivity contribution in [2.75, 3.05) is 0 Å². The van der Waals surface area contributed by atoms with Gasteiger partial charge in [0.25, 0.3) is 0 Å². The van der Waals surface area contributed by atoms with Crippen molar-refractivity contribution in [2.24, 2.45) is 0 Å². The van der Waals surface area contributed by atoms with Crippen LogP contribution in [0, 0.1) is 0 Å². The first-order valence-electron chi connectivity index (χ1n) is 6.23. The van der Waals surface area contributed by atoms with E-state index in [1.807, 2.05) is 0 Å². The predicted molar refractivity (Wildman–Crippen MR) is 69.3 cm³/mol. The minimum absolute atomic E-state index is 0. The summed E-state index contributed by atoms with van der Waals surface area (Å²) in [6.45, 7) is 0. The molecule has 0 unspecified atom stereocenters. The molecule has 8 N–H and O–H groups in total. The van der Waals surface area contributed by atoms with Crippen molar-refractivity contribution in [3.05, 3.63) is 0 Å². The van der Waals surface area contributed by atoms with E-state index in [-0.39, 0.29) is 74.9 Å². The van der Waals surface area contributed by atoms with Gasteiger partial charge in [-0.15, -0.1) is 0 Å². The zero-order valence-corrected chi connectivity index (χ0v) is 25.1. The van der Waals surface area contributed by atoms with Crippen LogP contribution in [0.25, 0.3) is 0 Å². The van der Waals surface area contributed by atoms with Crippen LogP contribution in [0.3, 0.4) is 0 Å². The Balaban J connectivity index is -0.0000000505. The molecule has 172 valence electrons. The molecule has 0 heterocycles. The number of hydrogen-bond acceptors (Lipinski definition) is 14. The van der Waals surface area contributed by atoms with E-state index < -0.39 is 72.7 Å². The Kier molecular flexibility index (Phi) is 37.1. The Morgan fingerprint density at radius 2 is 0.594 bits per heavy atom. The second-order valence-electron chi connectivity index (χ2n) is 4.83. The third-order valence-corrected chi connectivity index (χ3v) is 2.51. The maximum atomic E-state index is 10.1. The maximum Gasteiger partial charge on any atom is 2.00 e. The molecule has 0 aliphatic rings. The van der Waals surface area contributed by atoms with E-state index in [0.29, 0.717) is 0 Å². The monoisotopic (exact) mass is 624 g/mol. The molecule has 0 aliphatic heterocycles. The first kappa shape index (κ1) is 52.4. The second kappa shape index (κ2) is 22.7. The third-order valence-electron chi connectivity index (χ3n) is 2.51. The molecule has 0 atom stereocenters. The van der Waals surface area contributed by atoms with E-state index in [0.717, 1.165) is 0 Å². The summed E-state index contributed by atoms with van der Waals surface area (Å²) >= 11 is 0. The van der Waals surface area contributed by atoms with Crippen LogP contribution in [-0.2, 0) is 87.2 Å².